The third-order valence-corrected chi connectivity index (χ3v) is 19.3. The van der Waals surface area contributed by atoms with Crippen LogP contribution in [0.3, 0.4) is 0 Å². The zero-order chi connectivity index (χ0) is 87.9. The van der Waals surface area contributed by atoms with E-state index in [1.165, 1.54) is 72.3 Å². The van der Waals surface area contributed by atoms with Crippen LogP contribution in [0.5, 0.6) is 0 Å². The summed E-state index contributed by atoms with van der Waals surface area (Å²) in [5.41, 5.74) is 27.0. The number of nitrogens with zero attached hydrogens (tertiary/aromatic N) is 5. The van der Waals surface area contributed by atoms with Gasteiger partial charge in [0.2, 0.25) is 40.7 Å². The van der Waals surface area contributed by atoms with Gasteiger partial charge in [0.05, 0.1) is 73.2 Å². The topological polar surface area (TPSA) is 307 Å². The fraction of sp³-hybridized carbons (Fsp3) is 0.398. The molecule has 0 unspecified atom stereocenters. The van der Waals surface area contributed by atoms with E-state index in [-0.39, 0.29) is 154 Å². The van der Waals surface area contributed by atoms with Gasteiger partial charge in [-0.05, 0) is 254 Å². The molecule has 6 aliphatic heterocycles. The normalized spacial score (nSPS) is 15.1. The van der Waals surface area contributed by atoms with Gasteiger partial charge >= 0.3 is 65.1 Å². The van der Waals surface area contributed by atoms with Crippen LogP contribution in [0.4, 0.5) is 34.1 Å². The number of imide groups is 1. The standard InChI is InChI=1S/C17H21NO3.C15H18BrNO.C15H19NO2.C14H17NO.C13H17N.C7H9N.C4H4BrNO2.C3H6O.C2H3ClO.C2H4O2.CH4.2Na.H2O/c1-11-6-7-15-14(10-21-13(3)20)9-17(4,5)18(12(2)19)16(15)8-11;1-10-5-6-13-12(9-16)8-15(3,4)17(11(2)18)14(13)7-10;1-10-5-6-13-12(9-17)8-15(3,4)16(11(2)18)14(13)7-10;1-10-5-6-12-7-8-14(3,4)15(11(2)16)13(12)9-10;1-9-5-6-11-10(2)8-13(3,4)14-12(11)7-9;1-6-3-2-4-7(8)5-6;5-6-3(7)1-2-4(6)8;1-3(2)4;2*1-2(3)4;;;;/h6-9H,10H2,1-5H3;5-8H,9H2,1-4H3;5-8,17H,9H2,1-4H3;5-9H,1-4H3;5-8,14H,1-4H3;2-5H,8H2,1H3;1-2H2;1-2H3;1H3;1H3,(H,3,4);1H4;;;1H2/q;;;;;;;;;;;2*+1;/p-2. The maximum atomic E-state index is 12.1. The number of ether oxygens (including phenoxy) is 1. The van der Waals surface area contributed by atoms with E-state index < -0.39 is 17.0 Å². The first-order valence-corrected chi connectivity index (χ1v) is 39.8. The number of anilines is 6. The van der Waals surface area contributed by atoms with Crippen molar-refractivity contribution in [2.45, 2.75) is 228 Å². The van der Waals surface area contributed by atoms with Crippen molar-refractivity contribution in [3.63, 3.8) is 0 Å². The van der Waals surface area contributed by atoms with Gasteiger partial charge in [-0.25, -0.2) is 3.93 Å². The molecule has 119 heavy (non-hydrogen) atoms. The van der Waals surface area contributed by atoms with Crippen molar-refractivity contribution in [2.75, 3.05) is 49.2 Å². The maximum Gasteiger partial charge on any atom is 1.00 e. The van der Waals surface area contributed by atoms with E-state index in [0.29, 0.717) is 12.8 Å². The SMILES string of the molecule is C.CC(=O)Cl.CC(=O)N1c2cc(C)ccc2C(CBr)=CC1(C)C.CC(=O)N1c2cc(C)ccc2C(CO)=CC1(C)C.CC(=O)N1c2cc(C)ccc2C=CC1(C)C.CC(=O)OCC1=CC(C)(C)N(C(C)=O)c2cc(C)ccc21.CC(=O)[O-].CC(C)=O.CC1=CC(C)(C)Nc2cc(C)ccc21.Cc1cccc(N)c1.O=C1CCC(=O)N1Br.[Na+].[Na+].[OH-]. The monoisotopic (exact) mass is 1800 g/mol. The molecule has 6 heterocycles. The first-order valence-electron chi connectivity index (χ1n) is 37.6. The number of nitrogens with two attached hydrogens (primary N) is 1. The summed E-state index contributed by atoms with van der Waals surface area (Å²) in [5, 5.41) is 22.4. The molecule has 1 fully saturated rings. The molecule has 0 saturated carbocycles. The van der Waals surface area contributed by atoms with Gasteiger partial charge in [0, 0.05) is 99.3 Å². The number of allylic oxidation sites excluding steroid dienone is 2. The van der Waals surface area contributed by atoms with Crippen LogP contribution in [0.1, 0.15) is 220 Å². The molecular weight excluding hydrogens is 1680 g/mol. The number of carbonyl (C=O) groups is 10. The number of esters is 1. The fourth-order valence-corrected chi connectivity index (χ4v) is 14.6. The predicted molar refractivity (Wildman–Crippen MR) is 485 cm³/mol. The number of rotatable bonds is 4. The number of fused-ring (bicyclic) bond motifs is 5. The number of aliphatic carboxylic acids is 1. The maximum absolute atomic E-state index is 12.1. The Balaban J connectivity index is 0. The van der Waals surface area contributed by atoms with Crippen LogP contribution in [0, 0.1) is 41.5 Å². The number of aliphatic hydroxyl groups excluding tert-OH is 1. The summed E-state index contributed by atoms with van der Waals surface area (Å²) in [6.07, 6.45) is 13.3. The van der Waals surface area contributed by atoms with Gasteiger partial charge < -0.3 is 60.7 Å². The Bertz CT molecular complexity index is 4600. The first-order chi connectivity index (χ1) is 53.0. The number of benzene rings is 6. The second-order valence-corrected chi connectivity index (χ2v) is 33.4. The van der Waals surface area contributed by atoms with Crippen molar-refractivity contribution in [1.82, 2.24) is 3.93 Å². The number of alkyl halides is 1. The largest absolute Gasteiger partial charge is 1.00 e. The number of carboxylic acid groups (broad SMARTS) is 1. The van der Waals surface area contributed by atoms with Gasteiger partial charge in [-0.3, -0.25) is 38.4 Å². The van der Waals surface area contributed by atoms with E-state index in [4.69, 9.17) is 20.4 Å². The molecule has 12 rings (SSSR count). The summed E-state index contributed by atoms with van der Waals surface area (Å²) in [5.74, 6) is -1.34. The summed E-state index contributed by atoms with van der Waals surface area (Å²) >= 11 is 11.0. The van der Waals surface area contributed by atoms with E-state index in [2.05, 4.69) is 190 Å². The van der Waals surface area contributed by atoms with Crippen molar-refractivity contribution in [1.29, 1.82) is 0 Å². The number of ketones is 1. The number of carbonyl (C=O) groups excluding carboxylic acids is 10. The summed E-state index contributed by atoms with van der Waals surface area (Å²) in [7, 11) is 0. The number of aliphatic hydroxyl groups is 1. The fourth-order valence-electron chi connectivity index (χ4n) is 13.8. The van der Waals surface area contributed by atoms with Crippen LogP contribution in [0.15, 0.2) is 146 Å². The predicted octanol–water partition coefficient (Wildman–Crippen LogP) is 12.9. The number of aryl methyl sites for hydroxylation is 6. The molecule has 21 nitrogen and oxygen atoms in total. The van der Waals surface area contributed by atoms with Crippen molar-refractivity contribution < 1.29 is 127 Å². The van der Waals surface area contributed by atoms with E-state index in [1.54, 1.807) is 37.5 Å². The average molecular weight is 1800 g/mol. The number of Topliss-reactive ketones (excluding diaryl/α,β-unsaturated/α-hetero) is 1. The zero-order valence-electron chi connectivity index (χ0n) is 74.2. The van der Waals surface area contributed by atoms with Crippen LogP contribution in [0.25, 0.3) is 28.4 Å². The number of halogens is 3. The molecule has 0 bridgehead atoms. The van der Waals surface area contributed by atoms with Gasteiger partial charge in [0.1, 0.15) is 12.4 Å². The van der Waals surface area contributed by atoms with Crippen molar-refractivity contribution in [3.05, 3.63) is 207 Å². The van der Waals surface area contributed by atoms with E-state index in [0.717, 1.165) is 89.1 Å². The molecule has 0 radical (unpaired) electrons. The van der Waals surface area contributed by atoms with Crippen molar-refractivity contribution >= 4 is 165 Å². The molecule has 6 aromatic carbocycles. The van der Waals surface area contributed by atoms with Crippen LogP contribution < -0.4 is 94.9 Å². The van der Waals surface area contributed by atoms with Crippen LogP contribution in [-0.2, 0) is 52.7 Å². The molecule has 6 amide bonds. The number of nitrogen functional groups attached to an aromatic ring is 1. The molecule has 5 N–H and O–H groups in total. The molecule has 0 aliphatic carbocycles. The molecule has 26 heteroatoms. The molecule has 0 aromatic heterocycles. The summed E-state index contributed by atoms with van der Waals surface area (Å²) < 4.78 is 6.13. The quantitative estimate of drug-likeness (QED) is 0.0281. The average Bonchev–Trinajstić information content (AvgIpc) is 1.11. The van der Waals surface area contributed by atoms with E-state index in [1.807, 2.05) is 138 Å². The third-order valence-electron chi connectivity index (χ3n) is 17.9. The molecule has 6 aromatic rings. The summed E-state index contributed by atoms with van der Waals surface area (Å²) in [4.78, 5) is 115. The van der Waals surface area contributed by atoms with Crippen LogP contribution in [-0.4, -0.2) is 119 Å². The molecule has 0 spiro atoms. The van der Waals surface area contributed by atoms with Gasteiger partial charge in [0.15, 0.2) is 0 Å². The zero-order valence-corrected chi connectivity index (χ0v) is 82.1. The second kappa shape index (κ2) is 49.9. The molecule has 0 atom stereocenters. The molecule has 1 saturated heterocycles. The number of carboxylic acids is 1. The van der Waals surface area contributed by atoms with Gasteiger partial charge in [-0.15, -0.1) is 0 Å². The van der Waals surface area contributed by atoms with Crippen LogP contribution >= 0.6 is 43.7 Å². The molecular formula is C93H122Br2ClN7Na2O14. The van der Waals surface area contributed by atoms with Gasteiger partial charge in [-0.2, -0.15) is 0 Å². The number of nitrogens with one attached hydrogen (secondary N) is 1. The van der Waals surface area contributed by atoms with E-state index in [9.17, 15) is 48.3 Å². The number of hydrogen-bond donors (Lipinski definition) is 3. The molecule has 636 valence electrons. The summed E-state index contributed by atoms with van der Waals surface area (Å²) in [6, 6.07) is 38.8. The van der Waals surface area contributed by atoms with Crippen molar-refractivity contribution in [3.8, 4) is 0 Å². The van der Waals surface area contributed by atoms with Crippen molar-refractivity contribution in [2.24, 2.45) is 0 Å². The first kappa shape index (κ1) is 113. The minimum Gasteiger partial charge on any atom is -0.870 e. The minimum absolute atomic E-state index is 0. The van der Waals surface area contributed by atoms with Gasteiger partial charge in [-0.1, -0.05) is 133 Å². The Hall–Kier alpha value is -7.91. The Morgan fingerprint density at radius 1 is 0.504 bits per heavy atom. The minimum atomic E-state index is -1.08. The van der Waals surface area contributed by atoms with Crippen LogP contribution in [0.2, 0.25) is 0 Å². The third kappa shape index (κ3) is 34.9. The summed E-state index contributed by atoms with van der Waals surface area (Å²) in [6.45, 7) is 48.3. The smallest absolute Gasteiger partial charge is 0.870 e. The number of hydrogen-bond acceptors (Lipinski definition) is 16. The Morgan fingerprint density at radius 2 is 0.832 bits per heavy atom. The Morgan fingerprint density at radius 3 is 1.17 bits per heavy atom. The Kier molecular flexibility index (Phi) is 47.4. The van der Waals surface area contributed by atoms with E-state index >= 15 is 0 Å². The second-order valence-electron chi connectivity index (χ2n) is 31.6. The number of amides is 6. The molecule has 6 aliphatic rings. The van der Waals surface area contributed by atoms with Gasteiger partial charge in [0.25, 0.3) is 0 Å². The Labute approximate surface area is 773 Å².